The molecule has 0 aliphatic heterocycles. The quantitative estimate of drug-likeness (QED) is 0.816. The van der Waals surface area contributed by atoms with Gasteiger partial charge in [0.2, 0.25) is 0 Å². The number of hydrogen-bond donors (Lipinski definition) is 2. The summed E-state index contributed by atoms with van der Waals surface area (Å²) in [6.45, 7) is 0.917. The summed E-state index contributed by atoms with van der Waals surface area (Å²) in [5.41, 5.74) is 1.97. The standard InChI is InChI=1S/C16H17ClN2OS/c1-21-14-8-6-12(7-9-14)10-18-16(20)19-11-13-4-2-3-5-15(13)17/h2-9H,10-11H2,1H3,(H2,18,19,20). The third-order valence-corrected chi connectivity index (χ3v) is 4.12. The molecule has 0 heterocycles. The van der Waals surface area contributed by atoms with Gasteiger partial charge in [0.15, 0.2) is 0 Å². The molecule has 2 amide bonds. The van der Waals surface area contributed by atoms with E-state index in [2.05, 4.69) is 10.6 Å². The summed E-state index contributed by atoms with van der Waals surface area (Å²) >= 11 is 7.73. The Hall–Kier alpha value is -1.65. The van der Waals surface area contributed by atoms with Crippen LogP contribution in [0.25, 0.3) is 0 Å². The Morgan fingerprint density at radius 2 is 1.71 bits per heavy atom. The van der Waals surface area contributed by atoms with Gasteiger partial charge in [-0.3, -0.25) is 0 Å². The Bertz CT molecular complexity index is 601. The van der Waals surface area contributed by atoms with Crippen molar-refractivity contribution >= 4 is 29.4 Å². The Labute approximate surface area is 134 Å². The Kier molecular flexibility index (Phi) is 5.96. The molecular weight excluding hydrogens is 304 g/mol. The van der Waals surface area contributed by atoms with Crippen LogP contribution >= 0.6 is 23.4 Å². The number of hydrogen-bond acceptors (Lipinski definition) is 2. The first-order valence-electron chi connectivity index (χ1n) is 6.57. The smallest absolute Gasteiger partial charge is 0.315 e. The first-order valence-corrected chi connectivity index (χ1v) is 8.17. The van der Waals surface area contributed by atoms with E-state index in [0.717, 1.165) is 11.1 Å². The van der Waals surface area contributed by atoms with E-state index in [4.69, 9.17) is 11.6 Å². The van der Waals surface area contributed by atoms with Gasteiger partial charge in [0, 0.05) is 23.0 Å². The number of urea groups is 1. The zero-order chi connectivity index (χ0) is 15.1. The molecular formula is C16H17ClN2OS. The van der Waals surface area contributed by atoms with Crippen molar-refractivity contribution in [3.63, 3.8) is 0 Å². The first kappa shape index (κ1) is 15.7. The van der Waals surface area contributed by atoms with Crippen molar-refractivity contribution < 1.29 is 4.79 Å². The minimum absolute atomic E-state index is 0.205. The van der Waals surface area contributed by atoms with Crippen LogP contribution in [-0.2, 0) is 13.1 Å². The van der Waals surface area contributed by atoms with Crippen LogP contribution in [0.15, 0.2) is 53.4 Å². The van der Waals surface area contributed by atoms with E-state index >= 15 is 0 Å². The minimum atomic E-state index is -0.205. The number of thioether (sulfide) groups is 1. The zero-order valence-corrected chi connectivity index (χ0v) is 13.3. The molecule has 21 heavy (non-hydrogen) atoms. The molecule has 3 nitrogen and oxygen atoms in total. The normalized spacial score (nSPS) is 10.2. The molecule has 0 aliphatic carbocycles. The van der Waals surface area contributed by atoms with Crippen LogP contribution in [0.5, 0.6) is 0 Å². The molecule has 2 aromatic rings. The highest BCUT2D eigenvalue weighted by Gasteiger charge is 2.03. The van der Waals surface area contributed by atoms with E-state index < -0.39 is 0 Å². The van der Waals surface area contributed by atoms with Crippen LogP contribution in [0.4, 0.5) is 4.79 Å². The molecule has 0 saturated carbocycles. The predicted molar refractivity (Wildman–Crippen MR) is 88.8 cm³/mol. The molecule has 0 fully saturated rings. The zero-order valence-electron chi connectivity index (χ0n) is 11.7. The monoisotopic (exact) mass is 320 g/mol. The van der Waals surface area contributed by atoms with Crippen LogP contribution in [-0.4, -0.2) is 12.3 Å². The van der Waals surface area contributed by atoms with Gasteiger partial charge in [-0.05, 0) is 35.6 Å². The predicted octanol–water partition coefficient (Wildman–Crippen LogP) is 4.06. The molecule has 0 unspecified atom stereocenters. The summed E-state index contributed by atoms with van der Waals surface area (Å²) < 4.78 is 0. The van der Waals surface area contributed by atoms with Crippen molar-refractivity contribution in [1.29, 1.82) is 0 Å². The number of carbonyl (C=O) groups excluding carboxylic acids is 1. The largest absolute Gasteiger partial charge is 0.334 e. The Balaban J connectivity index is 1.78. The lowest BCUT2D eigenvalue weighted by Crippen LogP contribution is -2.34. The molecule has 2 N–H and O–H groups in total. The lowest BCUT2D eigenvalue weighted by Gasteiger charge is -2.09. The lowest BCUT2D eigenvalue weighted by atomic mass is 10.2. The maximum Gasteiger partial charge on any atom is 0.315 e. The summed E-state index contributed by atoms with van der Waals surface area (Å²) in [4.78, 5) is 13.0. The number of benzene rings is 2. The van der Waals surface area contributed by atoms with Crippen LogP contribution in [0.3, 0.4) is 0 Å². The molecule has 0 aliphatic rings. The minimum Gasteiger partial charge on any atom is -0.334 e. The topological polar surface area (TPSA) is 41.1 Å². The van der Waals surface area contributed by atoms with Gasteiger partial charge >= 0.3 is 6.03 Å². The van der Waals surface area contributed by atoms with Gasteiger partial charge in [0.05, 0.1) is 0 Å². The van der Waals surface area contributed by atoms with Gasteiger partial charge in [-0.2, -0.15) is 0 Å². The Morgan fingerprint density at radius 3 is 2.38 bits per heavy atom. The molecule has 0 radical (unpaired) electrons. The van der Waals surface area contributed by atoms with Gasteiger partial charge < -0.3 is 10.6 Å². The number of rotatable bonds is 5. The second-order valence-corrected chi connectivity index (χ2v) is 5.76. The van der Waals surface area contributed by atoms with Gasteiger partial charge in [-0.15, -0.1) is 11.8 Å². The molecule has 2 rings (SSSR count). The first-order chi connectivity index (χ1) is 10.2. The molecule has 5 heteroatoms. The van der Waals surface area contributed by atoms with E-state index in [9.17, 15) is 4.79 Å². The summed E-state index contributed by atoms with van der Waals surface area (Å²) in [6.07, 6.45) is 2.04. The van der Waals surface area contributed by atoms with E-state index in [0.29, 0.717) is 18.1 Å². The summed E-state index contributed by atoms with van der Waals surface area (Å²) in [5, 5.41) is 6.28. The summed E-state index contributed by atoms with van der Waals surface area (Å²) in [5.74, 6) is 0. The van der Waals surface area contributed by atoms with E-state index in [1.54, 1.807) is 11.8 Å². The van der Waals surface area contributed by atoms with E-state index in [-0.39, 0.29) is 6.03 Å². The fourth-order valence-corrected chi connectivity index (χ4v) is 2.42. The molecule has 0 bridgehead atoms. The third kappa shape index (κ3) is 4.99. The van der Waals surface area contributed by atoms with Gasteiger partial charge in [0.25, 0.3) is 0 Å². The molecule has 2 aromatic carbocycles. The molecule has 110 valence electrons. The van der Waals surface area contributed by atoms with Gasteiger partial charge in [-0.1, -0.05) is 41.9 Å². The number of amides is 2. The van der Waals surface area contributed by atoms with E-state index in [1.807, 2.05) is 54.8 Å². The number of halogens is 1. The SMILES string of the molecule is CSc1ccc(CNC(=O)NCc2ccccc2Cl)cc1. The average molecular weight is 321 g/mol. The van der Waals surface area contributed by atoms with Gasteiger partial charge in [-0.25, -0.2) is 4.79 Å². The lowest BCUT2D eigenvalue weighted by molar-refractivity contribution is 0.240. The van der Waals surface area contributed by atoms with Crippen molar-refractivity contribution in [1.82, 2.24) is 10.6 Å². The second-order valence-electron chi connectivity index (χ2n) is 4.48. The highest BCUT2D eigenvalue weighted by atomic mass is 35.5. The van der Waals surface area contributed by atoms with Crippen LogP contribution in [0, 0.1) is 0 Å². The van der Waals surface area contributed by atoms with Crippen molar-refractivity contribution in [2.45, 2.75) is 18.0 Å². The van der Waals surface area contributed by atoms with Crippen LogP contribution < -0.4 is 10.6 Å². The molecule has 0 spiro atoms. The molecule has 0 aromatic heterocycles. The third-order valence-electron chi connectivity index (χ3n) is 3.01. The van der Waals surface area contributed by atoms with Crippen molar-refractivity contribution in [2.75, 3.05) is 6.26 Å². The summed E-state index contributed by atoms with van der Waals surface area (Å²) in [7, 11) is 0. The fraction of sp³-hybridized carbons (Fsp3) is 0.188. The highest BCUT2D eigenvalue weighted by Crippen LogP contribution is 2.15. The van der Waals surface area contributed by atoms with Gasteiger partial charge in [0.1, 0.15) is 0 Å². The Morgan fingerprint density at radius 1 is 1.05 bits per heavy atom. The fourth-order valence-electron chi connectivity index (χ4n) is 1.81. The van der Waals surface area contributed by atoms with Crippen molar-refractivity contribution in [3.8, 4) is 0 Å². The van der Waals surface area contributed by atoms with Crippen LogP contribution in [0.2, 0.25) is 5.02 Å². The number of nitrogens with one attached hydrogen (secondary N) is 2. The maximum absolute atomic E-state index is 11.8. The van der Waals surface area contributed by atoms with E-state index in [1.165, 1.54) is 4.90 Å². The average Bonchev–Trinajstić information content (AvgIpc) is 2.52. The van der Waals surface area contributed by atoms with Crippen molar-refractivity contribution in [3.05, 3.63) is 64.7 Å². The summed E-state index contributed by atoms with van der Waals surface area (Å²) in [6, 6.07) is 15.4. The number of carbonyl (C=O) groups is 1. The maximum atomic E-state index is 11.8. The molecule has 0 atom stereocenters. The second kappa shape index (κ2) is 7.96. The van der Waals surface area contributed by atoms with Crippen molar-refractivity contribution in [2.24, 2.45) is 0 Å². The molecule has 0 saturated heterocycles. The highest BCUT2D eigenvalue weighted by molar-refractivity contribution is 7.98. The van der Waals surface area contributed by atoms with Crippen LogP contribution in [0.1, 0.15) is 11.1 Å².